The summed E-state index contributed by atoms with van der Waals surface area (Å²) in [5.41, 5.74) is 0. The first-order valence-electron chi connectivity index (χ1n) is 30.3. The third-order valence-electron chi connectivity index (χ3n) is 13.3. The third kappa shape index (κ3) is 55.0. The number of esters is 2. The van der Waals surface area contributed by atoms with E-state index in [-0.39, 0.29) is 32.2 Å². The maximum atomic E-state index is 12.8. The molecular weight excluding hydrogens is 899 g/mol. The second kappa shape index (κ2) is 54.5. The number of nitrogens with zero attached hydrogens (tertiary/aromatic N) is 1. The molecule has 2 atom stereocenters. The standard InChI is InChI=1S/C63H115NO8/c1-6-8-10-12-14-16-17-18-19-20-21-22-23-24-25-26-27-28-29-30-31-32-33-34-35-36-37-38-39-40-41-42-43-44-45-46-48-50-52-54-61(66)72-59(58-71-63(62(67)68)69-56-55-64(3,4)5)57-70-60(65)53-51-49-47-15-13-11-9-7-2/h8,10,14,16,18-19,21-22,59,63H,6-7,9,11-13,15,17,20,23-58H2,1-5H3/p+1/b10-8-,16-14-,19-18-,22-21-. The number of hydrogen-bond donors (Lipinski definition) is 1. The lowest BCUT2D eigenvalue weighted by molar-refractivity contribution is -0.870. The van der Waals surface area contributed by atoms with Crippen LogP contribution in [0.3, 0.4) is 0 Å². The Balaban J connectivity index is 3.84. The summed E-state index contributed by atoms with van der Waals surface area (Å²) < 4.78 is 22.8. The number of carboxylic acid groups (broad SMARTS) is 1. The first-order chi connectivity index (χ1) is 35.1. The molecule has 0 aromatic carbocycles. The molecule has 0 aromatic rings. The molecular formula is C63H116NO8+. The molecule has 1 N–H and O–H groups in total. The molecule has 0 bridgehead atoms. The van der Waals surface area contributed by atoms with Gasteiger partial charge in [-0.1, -0.05) is 262 Å². The van der Waals surface area contributed by atoms with Crippen LogP contribution < -0.4 is 0 Å². The zero-order valence-electron chi connectivity index (χ0n) is 47.8. The van der Waals surface area contributed by atoms with E-state index in [1.54, 1.807) is 0 Å². The Morgan fingerprint density at radius 1 is 0.431 bits per heavy atom. The highest BCUT2D eigenvalue weighted by atomic mass is 16.7. The van der Waals surface area contributed by atoms with E-state index in [4.69, 9.17) is 18.9 Å². The second-order valence-electron chi connectivity index (χ2n) is 21.6. The molecule has 420 valence electrons. The largest absolute Gasteiger partial charge is 0.477 e. The SMILES string of the molecule is CC/C=C\C/C=C\C/C=C\C/C=C\CCCCCCCCCCCCCCCCCCCCCCCCCCCCC(=O)OC(COC(=O)CCCCCCCCCC)COC(OCC[N+](C)(C)C)C(=O)O. The van der Waals surface area contributed by atoms with Gasteiger partial charge < -0.3 is 28.5 Å². The van der Waals surface area contributed by atoms with Crippen LogP contribution in [0.1, 0.15) is 277 Å². The van der Waals surface area contributed by atoms with Crippen molar-refractivity contribution in [3.05, 3.63) is 48.6 Å². The molecule has 9 nitrogen and oxygen atoms in total. The number of unbranched alkanes of at least 4 members (excludes halogenated alkanes) is 33. The molecule has 0 radical (unpaired) electrons. The van der Waals surface area contributed by atoms with Crippen LogP contribution in [0, 0.1) is 0 Å². The Hall–Kier alpha value is -2.75. The fourth-order valence-electron chi connectivity index (χ4n) is 8.71. The molecule has 0 saturated carbocycles. The smallest absolute Gasteiger partial charge is 0.361 e. The molecule has 72 heavy (non-hydrogen) atoms. The normalized spacial score (nSPS) is 13.1. The Kier molecular flexibility index (Phi) is 52.4. The van der Waals surface area contributed by atoms with E-state index in [9.17, 15) is 19.5 Å². The van der Waals surface area contributed by atoms with Gasteiger partial charge in [-0.3, -0.25) is 9.59 Å². The molecule has 0 amide bonds. The number of aliphatic carboxylic acids is 1. The van der Waals surface area contributed by atoms with Gasteiger partial charge in [-0.2, -0.15) is 0 Å². The average Bonchev–Trinajstić information content (AvgIpc) is 3.35. The molecule has 9 heteroatoms. The van der Waals surface area contributed by atoms with Gasteiger partial charge in [0.25, 0.3) is 6.29 Å². The quantitative estimate of drug-likeness (QED) is 0.0211. The van der Waals surface area contributed by atoms with E-state index in [1.165, 1.54) is 186 Å². The summed E-state index contributed by atoms with van der Waals surface area (Å²) in [5.74, 6) is -1.99. The highest BCUT2D eigenvalue weighted by Gasteiger charge is 2.25. The number of carbonyl (C=O) groups excluding carboxylic acids is 2. The van der Waals surface area contributed by atoms with Gasteiger partial charge in [-0.15, -0.1) is 0 Å². The van der Waals surface area contributed by atoms with Gasteiger partial charge in [0.2, 0.25) is 0 Å². The number of carbonyl (C=O) groups is 3. The number of carboxylic acids is 1. The summed E-state index contributed by atoms with van der Waals surface area (Å²) >= 11 is 0. The first kappa shape index (κ1) is 69.2. The van der Waals surface area contributed by atoms with Crippen LogP contribution in [0.5, 0.6) is 0 Å². The van der Waals surface area contributed by atoms with Gasteiger partial charge >= 0.3 is 17.9 Å². The molecule has 0 heterocycles. The lowest BCUT2D eigenvalue weighted by atomic mass is 10.0. The lowest BCUT2D eigenvalue weighted by Crippen LogP contribution is -2.40. The number of likely N-dealkylation sites (N-methyl/N-ethyl adjacent to an activating group) is 1. The Morgan fingerprint density at radius 3 is 1.18 bits per heavy atom. The molecule has 0 aliphatic carbocycles. The predicted molar refractivity (Wildman–Crippen MR) is 304 cm³/mol. The van der Waals surface area contributed by atoms with Crippen molar-refractivity contribution >= 4 is 17.9 Å². The monoisotopic (exact) mass is 1010 g/mol. The van der Waals surface area contributed by atoms with Crippen molar-refractivity contribution in [2.24, 2.45) is 0 Å². The van der Waals surface area contributed by atoms with Crippen molar-refractivity contribution in [2.45, 2.75) is 289 Å². The number of allylic oxidation sites excluding steroid dienone is 8. The molecule has 0 aliphatic rings. The van der Waals surface area contributed by atoms with E-state index in [2.05, 4.69) is 62.5 Å². The summed E-state index contributed by atoms with van der Waals surface area (Å²) in [5, 5.41) is 9.65. The van der Waals surface area contributed by atoms with E-state index in [0.717, 1.165) is 64.2 Å². The van der Waals surface area contributed by atoms with E-state index in [0.29, 0.717) is 17.4 Å². The first-order valence-corrected chi connectivity index (χ1v) is 30.3. The zero-order valence-corrected chi connectivity index (χ0v) is 47.8. The topological polar surface area (TPSA) is 108 Å². The summed E-state index contributed by atoms with van der Waals surface area (Å²) in [6.45, 7) is 4.75. The van der Waals surface area contributed by atoms with Gasteiger partial charge in [0.15, 0.2) is 6.10 Å². The van der Waals surface area contributed by atoms with Crippen molar-refractivity contribution in [3.63, 3.8) is 0 Å². The average molecular weight is 1020 g/mol. The molecule has 0 spiro atoms. The van der Waals surface area contributed by atoms with Gasteiger partial charge in [0, 0.05) is 12.8 Å². The minimum Gasteiger partial charge on any atom is -0.477 e. The van der Waals surface area contributed by atoms with Crippen LogP contribution in [0.15, 0.2) is 48.6 Å². The molecule has 0 rings (SSSR count). The molecule has 0 fully saturated rings. The Morgan fingerprint density at radius 2 is 0.792 bits per heavy atom. The predicted octanol–water partition coefficient (Wildman–Crippen LogP) is 17.9. The van der Waals surface area contributed by atoms with E-state index < -0.39 is 24.3 Å². The van der Waals surface area contributed by atoms with Crippen molar-refractivity contribution in [2.75, 3.05) is 47.5 Å². The summed E-state index contributed by atoms with van der Waals surface area (Å²) in [6, 6.07) is 0. The maximum absolute atomic E-state index is 12.8. The Bertz CT molecular complexity index is 1320. The minimum absolute atomic E-state index is 0.177. The molecule has 0 saturated heterocycles. The summed E-state index contributed by atoms with van der Waals surface area (Å²) in [4.78, 5) is 37.1. The van der Waals surface area contributed by atoms with Crippen LogP contribution in [-0.2, 0) is 33.3 Å². The minimum atomic E-state index is -1.50. The zero-order chi connectivity index (χ0) is 52.7. The van der Waals surface area contributed by atoms with Gasteiger partial charge in [0.1, 0.15) is 13.2 Å². The van der Waals surface area contributed by atoms with Gasteiger partial charge in [-0.05, 0) is 51.4 Å². The number of quaternary nitrogens is 1. The lowest BCUT2D eigenvalue weighted by Gasteiger charge is -2.25. The maximum Gasteiger partial charge on any atom is 0.361 e. The van der Waals surface area contributed by atoms with Crippen LogP contribution in [-0.4, -0.2) is 87.4 Å². The van der Waals surface area contributed by atoms with Crippen molar-refractivity contribution < 1.29 is 42.9 Å². The van der Waals surface area contributed by atoms with Crippen LogP contribution in [0.4, 0.5) is 0 Å². The molecule has 2 unspecified atom stereocenters. The highest BCUT2D eigenvalue weighted by molar-refractivity contribution is 5.71. The fourth-order valence-corrected chi connectivity index (χ4v) is 8.71. The number of hydrogen-bond acceptors (Lipinski definition) is 7. The van der Waals surface area contributed by atoms with Crippen molar-refractivity contribution in [3.8, 4) is 0 Å². The highest BCUT2D eigenvalue weighted by Crippen LogP contribution is 2.18. The van der Waals surface area contributed by atoms with Gasteiger partial charge in [-0.25, -0.2) is 4.79 Å². The molecule has 0 aromatic heterocycles. The van der Waals surface area contributed by atoms with Crippen LogP contribution in [0.2, 0.25) is 0 Å². The Labute approximate surface area is 444 Å². The summed E-state index contributed by atoms with van der Waals surface area (Å²) in [6.07, 6.45) is 65.4. The fraction of sp³-hybridized carbons (Fsp3) is 0.825. The van der Waals surface area contributed by atoms with Crippen molar-refractivity contribution in [1.82, 2.24) is 0 Å². The van der Waals surface area contributed by atoms with Crippen LogP contribution >= 0.6 is 0 Å². The van der Waals surface area contributed by atoms with Crippen molar-refractivity contribution in [1.29, 1.82) is 0 Å². The summed E-state index contributed by atoms with van der Waals surface area (Å²) in [7, 11) is 5.97. The van der Waals surface area contributed by atoms with E-state index in [1.807, 2.05) is 21.1 Å². The molecule has 0 aliphatic heterocycles. The second-order valence-corrected chi connectivity index (χ2v) is 21.6. The van der Waals surface area contributed by atoms with Gasteiger partial charge in [0.05, 0.1) is 34.4 Å². The van der Waals surface area contributed by atoms with Crippen LogP contribution in [0.25, 0.3) is 0 Å². The number of ether oxygens (including phenoxy) is 4. The van der Waals surface area contributed by atoms with E-state index >= 15 is 0 Å². The number of rotatable bonds is 56. The third-order valence-corrected chi connectivity index (χ3v) is 13.3.